The molecule has 9 heteroatoms. The Morgan fingerprint density at radius 2 is 2.13 bits per heavy atom. The van der Waals surface area contributed by atoms with Crippen LogP contribution < -0.4 is 15.6 Å². The van der Waals surface area contributed by atoms with Crippen LogP contribution in [0.4, 0.5) is 5.69 Å². The number of ether oxygens (including phenoxy) is 2. The number of carbonyl (C=O) groups is 1. The van der Waals surface area contributed by atoms with E-state index in [2.05, 4.69) is 15.3 Å². The molecule has 0 aromatic carbocycles. The predicted molar refractivity (Wildman–Crippen MR) is 115 cm³/mol. The largest absolute Gasteiger partial charge is 0.474 e. The molecular weight excluding hydrogens is 404 g/mol. The number of hydrogen-bond acceptors (Lipinski definition) is 7. The Kier molecular flexibility index (Phi) is 6.39. The normalized spacial score (nSPS) is 13.2. The van der Waals surface area contributed by atoms with Crippen LogP contribution in [0.2, 0.25) is 0 Å². The molecule has 1 aliphatic rings. The van der Waals surface area contributed by atoms with E-state index in [0.29, 0.717) is 24.8 Å². The van der Waals surface area contributed by atoms with Gasteiger partial charge < -0.3 is 14.8 Å². The highest BCUT2D eigenvalue weighted by Crippen LogP contribution is 2.33. The zero-order valence-electron chi connectivity index (χ0n) is 16.8. The minimum Gasteiger partial charge on any atom is -0.474 e. The van der Waals surface area contributed by atoms with Crippen LogP contribution in [0.3, 0.4) is 0 Å². The number of nitrogens with one attached hydrogen (secondary N) is 1. The summed E-state index contributed by atoms with van der Waals surface area (Å²) in [6.45, 7) is 1.02. The number of nitrogens with zero attached hydrogens (tertiary/aromatic N) is 3. The molecule has 0 saturated heterocycles. The van der Waals surface area contributed by atoms with Crippen molar-refractivity contribution in [3.05, 3.63) is 45.5 Å². The van der Waals surface area contributed by atoms with Crippen LogP contribution in [0.1, 0.15) is 29.7 Å². The summed E-state index contributed by atoms with van der Waals surface area (Å²) in [6, 6.07) is 3.45. The molecule has 0 bridgehead atoms. The van der Waals surface area contributed by atoms with Crippen molar-refractivity contribution >= 4 is 33.1 Å². The SMILES string of the molecule is COCCOc1ncccc1NC(=O)CCn1cnc2sc3c(c2c1=O)CCCC3. The van der Waals surface area contributed by atoms with Crippen LogP contribution in [-0.2, 0) is 28.9 Å². The Bertz CT molecular complexity index is 1110. The highest BCUT2D eigenvalue weighted by molar-refractivity contribution is 7.18. The third kappa shape index (κ3) is 4.36. The van der Waals surface area contributed by atoms with Crippen molar-refractivity contribution in [1.82, 2.24) is 14.5 Å². The van der Waals surface area contributed by atoms with E-state index in [9.17, 15) is 9.59 Å². The van der Waals surface area contributed by atoms with Gasteiger partial charge in [-0.15, -0.1) is 11.3 Å². The minimum atomic E-state index is -0.223. The summed E-state index contributed by atoms with van der Waals surface area (Å²) in [5, 5.41) is 3.54. The molecule has 0 spiro atoms. The number of pyridine rings is 1. The number of amides is 1. The van der Waals surface area contributed by atoms with Gasteiger partial charge in [-0.25, -0.2) is 9.97 Å². The van der Waals surface area contributed by atoms with Crippen LogP contribution in [0.15, 0.2) is 29.5 Å². The van der Waals surface area contributed by atoms with E-state index < -0.39 is 0 Å². The van der Waals surface area contributed by atoms with Gasteiger partial charge in [-0.1, -0.05) is 0 Å². The lowest BCUT2D eigenvalue weighted by molar-refractivity contribution is -0.116. The van der Waals surface area contributed by atoms with Gasteiger partial charge in [0.1, 0.15) is 17.1 Å². The number of thiophene rings is 1. The average Bonchev–Trinajstić information content (AvgIpc) is 3.14. The van der Waals surface area contributed by atoms with Crippen LogP contribution >= 0.6 is 11.3 Å². The van der Waals surface area contributed by atoms with Crippen molar-refractivity contribution < 1.29 is 14.3 Å². The second-order valence-electron chi connectivity index (χ2n) is 7.13. The maximum Gasteiger partial charge on any atom is 0.262 e. The third-order valence-electron chi connectivity index (χ3n) is 5.09. The monoisotopic (exact) mass is 428 g/mol. The van der Waals surface area contributed by atoms with Crippen molar-refractivity contribution in [2.24, 2.45) is 0 Å². The molecule has 3 heterocycles. The first-order valence-corrected chi connectivity index (χ1v) is 10.9. The maximum atomic E-state index is 13.0. The van der Waals surface area contributed by atoms with E-state index >= 15 is 0 Å². The van der Waals surface area contributed by atoms with E-state index in [0.717, 1.165) is 35.0 Å². The first-order chi connectivity index (χ1) is 14.7. The molecule has 30 heavy (non-hydrogen) atoms. The molecular formula is C21H24N4O4S. The molecule has 158 valence electrons. The standard InChI is InChI=1S/C21H24N4O4S/c1-28-11-12-29-19-15(6-4-9-22-19)24-17(26)8-10-25-13-23-20-18(21(25)27)14-5-2-3-7-16(14)30-20/h4,6,9,13H,2-3,5,7-8,10-12H2,1H3,(H,24,26). The Hall–Kier alpha value is -2.78. The number of carbonyl (C=O) groups excluding carboxylic acids is 1. The minimum absolute atomic E-state index is 0.0582. The van der Waals surface area contributed by atoms with Gasteiger partial charge in [-0.2, -0.15) is 0 Å². The van der Waals surface area contributed by atoms with Crippen molar-refractivity contribution in [1.29, 1.82) is 0 Å². The van der Waals surface area contributed by atoms with Crippen molar-refractivity contribution in [3.63, 3.8) is 0 Å². The van der Waals surface area contributed by atoms with Gasteiger partial charge in [0.25, 0.3) is 5.56 Å². The van der Waals surface area contributed by atoms with Crippen LogP contribution in [0.5, 0.6) is 5.88 Å². The first-order valence-electron chi connectivity index (χ1n) is 10.0. The Morgan fingerprint density at radius 1 is 1.27 bits per heavy atom. The van der Waals surface area contributed by atoms with Gasteiger partial charge in [0.05, 0.1) is 18.3 Å². The lowest BCUT2D eigenvalue weighted by atomic mass is 9.97. The van der Waals surface area contributed by atoms with Crippen LogP contribution in [-0.4, -0.2) is 40.8 Å². The molecule has 1 aliphatic carbocycles. The number of aryl methyl sites for hydroxylation is 3. The van der Waals surface area contributed by atoms with E-state index in [-0.39, 0.29) is 24.4 Å². The molecule has 0 atom stereocenters. The van der Waals surface area contributed by atoms with E-state index in [1.54, 1.807) is 43.1 Å². The van der Waals surface area contributed by atoms with Crippen LogP contribution in [0, 0.1) is 0 Å². The molecule has 0 fully saturated rings. The van der Waals surface area contributed by atoms with Gasteiger partial charge in [0.15, 0.2) is 0 Å². The molecule has 8 nitrogen and oxygen atoms in total. The van der Waals surface area contributed by atoms with Gasteiger partial charge in [0.2, 0.25) is 11.8 Å². The van der Waals surface area contributed by atoms with Gasteiger partial charge in [0, 0.05) is 31.1 Å². The van der Waals surface area contributed by atoms with Gasteiger partial charge in [-0.3, -0.25) is 14.2 Å². The highest BCUT2D eigenvalue weighted by atomic mass is 32.1. The quantitative estimate of drug-likeness (QED) is 0.555. The molecule has 4 rings (SSSR count). The summed E-state index contributed by atoms with van der Waals surface area (Å²) < 4.78 is 12.0. The molecule has 1 N–H and O–H groups in total. The van der Waals surface area contributed by atoms with Crippen molar-refractivity contribution in [2.45, 2.75) is 38.6 Å². The predicted octanol–water partition coefficient (Wildman–Crippen LogP) is 2.79. The van der Waals surface area contributed by atoms with E-state index in [4.69, 9.17) is 9.47 Å². The molecule has 0 unspecified atom stereocenters. The maximum absolute atomic E-state index is 13.0. The lowest BCUT2D eigenvalue weighted by Crippen LogP contribution is -2.24. The van der Waals surface area contributed by atoms with E-state index in [1.165, 1.54) is 15.9 Å². The molecule has 0 saturated carbocycles. The van der Waals surface area contributed by atoms with Gasteiger partial charge >= 0.3 is 0 Å². The number of fused-ring (bicyclic) bond motifs is 3. The smallest absolute Gasteiger partial charge is 0.262 e. The topological polar surface area (TPSA) is 95.3 Å². The number of hydrogen-bond donors (Lipinski definition) is 1. The Labute approximate surface area is 177 Å². The molecule has 3 aromatic rings. The Balaban J connectivity index is 1.44. The third-order valence-corrected chi connectivity index (χ3v) is 6.29. The number of aromatic nitrogens is 3. The second kappa shape index (κ2) is 9.36. The summed E-state index contributed by atoms with van der Waals surface area (Å²) in [7, 11) is 1.59. The second-order valence-corrected chi connectivity index (χ2v) is 8.21. The lowest BCUT2D eigenvalue weighted by Gasteiger charge is -2.12. The van der Waals surface area contributed by atoms with Gasteiger partial charge in [-0.05, 0) is 43.4 Å². The van der Waals surface area contributed by atoms with Crippen molar-refractivity contribution in [3.8, 4) is 5.88 Å². The summed E-state index contributed by atoms with van der Waals surface area (Å²) in [6.07, 6.45) is 7.52. The molecule has 0 radical (unpaired) electrons. The fourth-order valence-corrected chi connectivity index (χ4v) is 4.82. The summed E-state index contributed by atoms with van der Waals surface area (Å²) in [4.78, 5) is 36.2. The zero-order valence-corrected chi connectivity index (χ0v) is 17.7. The summed E-state index contributed by atoms with van der Waals surface area (Å²) in [5.74, 6) is 0.118. The Morgan fingerprint density at radius 3 is 3.00 bits per heavy atom. The fourth-order valence-electron chi connectivity index (χ4n) is 3.60. The van der Waals surface area contributed by atoms with E-state index in [1.807, 2.05) is 0 Å². The fraction of sp³-hybridized carbons (Fsp3) is 0.429. The number of methoxy groups -OCH3 is 1. The summed E-state index contributed by atoms with van der Waals surface area (Å²) in [5.41, 5.74) is 1.59. The number of anilines is 1. The molecule has 3 aromatic heterocycles. The molecule has 1 amide bonds. The van der Waals surface area contributed by atoms with Crippen LogP contribution in [0.25, 0.3) is 10.2 Å². The van der Waals surface area contributed by atoms with Crippen molar-refractivity contribution in [2.75, 3.05) is 25.6 Å². The first kappa shape index (κ1) is 20.5. The molecule has 0 aliphatic heterocycles. The zero-order chi connectivity index (χ0) is 20.9. The summed E-state index contributed by atoms with van der Waals surface area (Å²) >= 11 is 1.62. The highest BCUT2D eigenvalue weighted by Gasteiger charge is 2.20. The number of rotatable bonds is 8. The average molecular weight is 429 g/mol.